The second-order valence-corrected chi connectivity index (χ2v) is 7.91. The smallest absolute Gasteiger partial charge is 0.238 e. The van der Waals surface area contributed by atoms with E-state index in [1.807, 2.05) is 0 Å². The SMILES string of the molecule is C[C@H]1CNCCN1CC(=O)Nc1cc(S(C)(=O)=O)ccc1Cl.Cl. The van der Waals surface area contributed by atoms with Gasteiger partial charge in [-0.15, -0.1) is 12.4 Å². The molecule has 0 spiro atoms. The van der Waals surface area contributed by atoms with E-state index < -0.39 is 9.84 Å². The summed E-state index contributed by atoms with van der Waals surface area (Å²) in [4.78, 5) is 14.4. The van der Waals surface area contributed by atoms with Crippen molar-refractivity contribution in [1.82, 2.24) is 10.2 Å². The number of rotatable bonds is 4. The minimum Gasteiger partial charge on any atom is -0.324 e. The van der Waals surface area contributed by atoms with Crippen LogP contribution >= 0.6 is 24.0 Å². The highest BCUT2D eigenvalue weighted by molar-refractivity contribution is 7.90. The van der Waals surface area contributed by atoms with Crippen LogP contribution in [0.1, 0.15) is 6.92 Å². The first-order chi connectivity index (χ1) is 10.3. The van der Waals surface area contributed by atoms with Crippen LogP contribution < -0.4 is 10.6 Å². The first-order valence-electron chi connectivity index (χ1n) is 7.01. The van der Waals surface area contributed by atoms with Gasteiger partial charge in [0.25, 0.3) is 0 Å². The number of halogens is 2. The number of benzene rings is 1. The molecule has 1 saturated heterocycles. The highest BCUT2D eigenvalue weighted by atomic mass is 35.5. The maximum atomic E-state index is 12.2. The second-order valence-electron chi connectivity index (χ2n) is 5.49. The highest BCUT2D eigenvalue weighted by Crippen LogP contribution is 2.25. The van der Waals surface area contributed by atoms with Crippen molar-refractivity contribution in [3.05, 3.63) is 23.2 Å². The molecule has 1 aromatic rings. The molecule has 9 heteroatoms. The lowest BCUT2D eigenvalue weighted by Gasteiger charge is -2.33. The molecule has 1 amide bonds. The van der Waals surface area contributed by atoms with Crippen LogP contribution in [-0.4, -0.2) is 57.7 Å². The van der Waals surface area contributed by atoms with E-state index in [1.54, 1.807) is 0 Å². The molecule has 2 N–H and O–H groups in total. The number of carbonyl (C=O) groups excluding carboxylic acids is 1. The zero-order valence-corrected chi connectivity index (χ0v) is 15.4. The molecule has 6 nitrogen and oxygen atoms in total. The number of amides is 1. The Labute approximate surface area is 147 Å². The monoisotopic (exact) mass is 381 g/mol. The van der Waals surface area contributed by atoms with Crippen LogP contribution in [0.5, 0.6) is 0 Å². The Hall–Kier alpha value is -0.860. The Morgan fingerprint density at radius 2 is 2.17 bits per heavy atom. The molecule has 0 aromatic heterocycles. The van der Waals surface area contributed by atoms with Crippen molar-refractivity contribution in [2.75, 3.05) is 37.8 Å². The topological polar surface area (TPSA) is 78.5 Å². The van der Waals surface area contributed by atoms with Crippen molar-refractivity contribution in [2.24, 2.45) is 0 Å². The Balaban J connectivity index is 0.00000264. The fraction of sp³-hybridized carbons (Fsp3) is 0.500. The number of hydrogen-bond acceptors (Lipinski definition) is 5. The largest absolute Gasteiger partial charge is 0.324 e. The molecule has 1 aromatic carbocycles. The molecule has 1 aliphatic rings. The molecular formula is C14H21Cl2N3O3S. The molecule has 0 unspecified atom stereocenters. The van der Waals surface area contributed by atoms with E-state index in [1.165, 1.54) is 18.2 Å². The van der Waals surface area contributed by atoms with E-state index in [9.17, 15) is 13.2 Å². The maximum Gasteiger partial charge on any atom is 0.238 e. The van der Waals surface area contributed by atoms with Crippen molar-refractivity contribution in [3.8, 4) is 0 Å². The van der Waals surface area contributed by atoms with E-state index in [-0.39, 0.29) is 35.8 Å². The summed E-state index contributed by atoms with van der Waals surface area (Å²) in [6.45, 7) is 4.80. The predicted octanol–water partition coefficient (Wildman–Crippen LogP) is 1.40. The number of anilines is 1. The van der Waals surface area contributed by atoms with Gasteiger partial charge in [-0.25, -0.2) is 8.42 Å². The quantitative estimate of drug-likeness (QED) is 0.823. The molecule has 130 valence electrons. The summed E-state index contributed by atoms with van der Waals surface area (Å²) in [6.07, 6.45) is 1.12. The van der Waals surface area contributed by atoms with Crippen LogP contribution in [0, 0.1) is 0 Å². The van der Waals surface area contributed by atoms with Gasteiger partial charge in [-0.05, 0) is 25.1 Å². The van der Waals surface area contributed by atoms with Gasteiger partial charge in [0.1, 0.15) is 0 Å². The normalized spacial score (nSPS) is 19.0. The first-order valence-corrected chi connectivity index (χ1v) is 9.28. The number of sulfone groups is 1. The zero-order chi connectivity index (χ0) is 16.3. The lowest BCUT2D eigenvalue weighted by molar-refractivity contribution is -0.118. The Kier molecular flexibility index (Phi) is 7.29. The molecule has 0 radical (unpaired) electrons. The fourth-order valence-electron chi connectivity index (χ4n) is 2.32. The van der Waals surface area contributed by atoms with Crippen molar-refractivity contribution < 1.29 is 13.2 Å². The van der Waals surface area contributed by atoms with Crippen molar-refractivity contribution in [2.45, 2.75) is 17.9 Å². The van der Waals surface area contributed by atoms with Crippen LogP contribution in [0.2, 0.25) is 5.02 Å². The van der Waals surface area contributed by atoms with Gasteiger partial charge >= 0.3 is 0 Å². The summed E-state index contributed by atoms with van der Waals surface area (Å²) in [5.74, 6) is -0.207. The standard InChI is InChI=1S/C14H20ClN3O3S.ClH/c1-10-8-16-5-6-18(10)9-14(19)17-13-7-11(22(2,20)21)3-4-12(13)15;/h3-4,7,10,16H,5-6,8-9H2,1-2H3,(H,17,19);1H/t10-;/m0./s1. The lowest BCUT2D eigenvalue weighted by atomic mass is 10.2. The van der Waals surface area contributed by atoms with Crippen molar-refractivity contribution >= 4 is 45.4 Å². The van der Waals surface area contributed by atoms with Gasteiger partial charge in [0.05, 0.1) is 22.2 Å². The van der Waals surface area contributed by atoms with Crippen LogP contribution in [0.4, 0.5) is 5.69 Å². The average Bonchev–Trinajstić information content (AvgIpc) is 2.42. The van der Waals surface area contributed by atoms with Crippen molar-refractivity contribution in [1.29, 1.82) is 0 Å². The van der Waals surface area contributed by atoms with Gasteiger partial charge in [0.15, 0.2) is 9.84 Å². The Bertz CT molecular complexity index is 667. The number of hydrogen-bond donors (Lipinski definition) is 2. The molecule has 0 saturated carbocycles. The van der Waals surface area contributed by atoms with Crippen LogP contribution in [-0.2, 0) is 14.6 Å². The molecule has 2 rings (SSSR count). The van der Waals surface area contributed by atoms with Gasteiger partial charge in [0.2, 0.25) is 5.91 Å². The Morgan fingerprint density at radius 3 is 2.78 bits per heavy atom. The summed E-state index contributed by atoms with van der Waals surface area (Å²) in [7, 11) is -3.34. The van der Waals surface area contributed by atoms with Gasteiger partial charge in [-0.3, -0.25) is 9.69 Å². The van der Waals surface area contributed by atoms with Crippen LogP contribution in [0.15, 0.2) is 23.1 Å². The van der Waals surface area contributed by atoms with E-state index in [0.29, 0.717) is 10.7 Å². The molecule has 1 heterocycles. The van der Waals surface area contributed by atoms with E-state index in [4.69, 9.17) is 11.6 Å². The summed E-state index contributed by atoms with van der Waals surface area (Å²) >= 11 is 6.03. The summed E-state index contributed by atoms with van der Waals surface area (Å²) in [6, 6.07) is 4.56. The number of nitrogens with one attached hydrogen (secondary N) is 2. The highest BCUT2D eigenvalue weighted by Gasteiger charge is 2.21. The fourth-order valence-corrected chi connectivity index (χ4v) is 3.13. The number of carbonyl (C=O) groups is 1. The summed E-state index contributed by atoms with van der Waals surface area (Å²) in [5, 5.41) is 6.27. The third-order valence-corrected chi connectivity index (χ3v) is 5.07. The first kappa shape index (κ1) is 20.2. The maximum absolute atomic E-state index is 12.2. The summed E-state index contributed by atoms with van der Waals surface area (Å²) < 4.78 is 23.1. The van der Waals surface area contributed by atoms with Crippen molar-refractivity contribution in [3.63, 3.8) is 0 Å². The molecule has 0 aliphatic carbocycles. The average molecular weight is 382 g/mol. The van der Waals surface area contributed by atoms with E-state index in [2.05, 4.69) is 22.5 Å². The second kappa shape index (κ2) is 8.30. The lowest BCUT2D eigenvalue weighted by Crippen LogP contribution is -2.52. The van der Waals surface area contributed by atoms with Gasteiger partial charge < -0.3 is 10.6 Å². The predicted molar refractivity (Wildman–Crippen MR) is 94.3 cm³/mol. The molecular weight excluding hydrogens is 361 g/mol. The third-order valence-electron chi connectivity index (χ3n) is 3.63. The zero-order valence-electron chi connectivity index (χ0n) is 13.0. The van der Waals surface area contributed by atoms with Gasteiger partial charge in [-0.2, -0.15) is 0 Å². The third kappa shape index (κ3) is 5.61. The van der Waals surface area contributed by atoms with E-state index >= 15 is 0 Å². The number of piperazine rings is 1. The number of nitrogens with zero attached hydrogens (tertiary/aromatic N) is 1. The minimum absolute atomic E-state index is 0. The summed E-state index contributed by atoms with van der Waals surface area (Å²) in [5.41, 5.74) is 0.317. The van der Waals surface area contributed by atoms with Gasteiger partial charge in [0, 0.05) is 31.9 Å². The molecule has 1 atom stereocenters. The minimum atomic E-state index is -3.34. The van der Waals surface area contributed by atoms with E-state index in [0.717, 1.165) is 25.9 Å². The molecule has 0 bridgehead atoms. The van der Waals surface area contributed by atoms with Gasteiger partial charge in [-0.1, -0.05) is 11.6 Å². The molecule has 23 heavy (non-hydrogen) atoms. The van der Waals surface area contributed by atoms with Crippen LogP contribution in [0.25, 0.3) is 0 Å². The Morgan fingerprint density at radius 1 is 1.48 bits per heavy atom. The van der Waals surface area contributed by atoms with Crippen LogP contribution in [0.3, 0.4) is 0 Å². The molecule has 1 fully saturated rings. The molecule has 1 aliphatic heterocycles.